The number of piperazine rings is 1. The third-order valence-electron chi connectivity index (χ3n) is 4.52. The number of fused-ring (bicyclic) bond motifs is 1. The molecule has 1 fully saturated rings. The van der Waals surface area contributed by atoms with Crippen LogP contribution >= 0.6 is 0 Å². The Hall–Kier alpha value is -2.80. The van der Waals surface area contributed by atoms with Gasteiger partial charge in [-0.05, 0) is 24.3 Å². The lowest BCUT2D eigenvalue weighted by Gasteiger charge is -2.30. The summed E-state index contributed by atoms with van der Waals surface area (Å²) >= 11 is 0. The van der Waals surface area contributed by atoms with Gasteiger partial charge in [0.15, 0.2) is 0 Å². The van der Waals surface area contributed by atoms with Crippen LogP contribution in [0, 0.1) is 0 Å². The highest BCUT2D eigenvalue weighted by molar-refractivity contribution is 5.95. The van der Waals surface area contributed by atoms with Gasteiger partial charge >= 0.3 is 6.36 Å². The van der Waals surface area contributed by atoms with Crippen molar-refractivity contribution in [2.45, 2.75) is 6.36 Å². The molecule has 1 aromatic heterocycles. The molecule has 27 heavy (non-hydrogen) atoms. The molecule has 1 aliphatic rings. The molecule has 0 bridgehead atoms. The molecular weight excluding hydrogens is 355 g/mol. The van der Waals surface area contributed by atoms with Crippen molar-refractivity contribution >= 4 is 16.6 Å². The van der Waals surface area contributed by atoms with E-state index in [9.17, 15) is 13.2 Å². The van der Waals surface area contributed by atoms with Crippen LogP contribution in [0.5, 0.6) is 5.75 Å². The monoisotopic (exact) mass is 373 g/mol. The Kier molecular flexibility index (Phi) is 4.61. The highest BCUT2D eigenvalue weighted by Crippen LogP contribution is 2.34. The molecule has 0 saturated carbocycles. The first kappa shape index (κ1) is 17.6. The Morgan fingerprint density at radius 3 is 2.41 bits per heavy atom. The van der Waals surface area contributed by atoms with Gasteiger partial charge in [-0.3, -0.25) is 0 Å². The quantitative estimate of drug-likeness (QED) is 0.746. The van der Waals surface area contributed by atoms with Crippen LogP contribution in [-0.4, -0.2) is 37.5 Å². The summed E-state index contributed by atoms with van der Waals surface area (Å²) in [6.07, 6.45) is -4.72. The number of anilines is 1. The van der Waals surface area contributed by atoms with Gasteiger partial charge in [0.05, 0.1) is 11.2 Å². The minimum Gasteiger partial charge on any atom is -0.406 e. The van der Waals surface area contributed by atoms with Crippen LogP contribution < -0.4 is 15.0 Å². The molecule has 7 heteroatoms. The Bertz CT molecular complexity index is 938. The number of nitrogens with zero attached hydrogens (tertiary/aromatic N) is 2. The van der Waals surface area contributed by atoms with Crippen LogP contribution in [0.1, 0.15) is 0 Å². The fraction of sp³-hybridized carbons (Fsp3) is 0.250. The van der Waals surface area contributed by atoms with Crippen LogP contribution in [0.15, 0.2) is 54.6 Å². The average molecular weight is 373 g/mol. The molecule has 1 N–H and O–H groups in total. The molecule has 140 valence electrons. The first-order valence-electron chi connectivity index (χ1n) is 8.71. The first-order chi connectivity index (χ1) is 13.0. The van der Waals surface area contributed by atoms with Crippen molar-refractivity contribution in [2.75, 3.05) is 31.1 Å². The lowest BCUT2D eigenvalue weighted by atomic mass is 10.1. The smallest absolute Gasteiger partial charge is 0.406 e. The SMILES string of the molecule is FC(F)(F)Oc1ccc2nc(-c3ccccc3)cc(N3CCNCC3)c2c1. The van der Waals surface area contributed by atoms with E-state index in [-0.39, 0.29) is 5.75 Å². The fourth-order valence-corrected chi connectivity index (χ4v) is 3.31. The number of aromatic nitrogens is 1. The van der Waals surface area contributed by atoms with Gasteiger partial charge in [0.1, 0.15) is 5.75 Å². The number of ether oxygens (including phenoxy) is 1. The normalized spacial score (nSPS) is 15.1. The van der Waals surface area contributed by atoms with Gasteiger partial charge in [-0.1, -0.05) is 30.3 Å². The number of halogens is 3. The molecule has 0 radical (unpaired) electrons. The minimum atomic E-state index is -4.72. The summed E-state index contributed by atoms with van der Waals surface area (Å²) in [5.41, 5.74) is 3.26. The van der Waals surface area contributed by atoms with E-state index in [0.29, 0.717) is 10.9 Å². The van der Waals surface area contributed by atoms with E-state index in [1.165, 1.54) is 12.1 Å². The van der Waals surface area contributed by atoms with Crippen LogP contribution in [0.25, 0.3) is 22.2 Å². The van der Waals surface area contributed by atoms with Crippen molar-refractivity contribution in [3.63, 3.8) is 0 Å². The van der Waals surface area contributed by atoms with E-state index in [4.69, 9.17) is 0 Å². The molecule has 4 rings (SSSR count). The minimum absolute atomic E-state index is 0.236. The van der Waals surface area contributed by atoms with Crippen LogP contribution in [0.2, 0.25) is 0 Å². The zero-order valence-electron chi connectivity index (χ0n) is 14.5. The van der Waals surface area contributed by atoms with E-state index >= 15 is 0 Å². The Balaban J connectivity index is 1.85. The van der Waals surface area contributed by atoms with Crippen LogP contribution in [0.3, 0.4) is 0 Å². The van der Waals surface area contributed by atoms with E-state index in [1.807, 2.05) is 36.4 Å². The topological polar surface area (TPSA) is 37.4 Å². The largest absolute Gasteiger partial charge is 0.573 e. The van der Waals surface area contributed by atoms with Crippen LogP contribution in [-0.2, 0) is 0 Å². The van der Waals surface area contributed by atoms with Crippen molar-refractivity contribution in [2.24, 2.45) is 0 Å². The van der Waals surface area contributed by atoms with Gasteiger partial charge in [-0.25, -0.2) is 4.98 Å². The number of alkyl halides is 3. The predicted octanol–water partition coefficient (Wildman–Crippen LogP) is 4.21. The van der Waals surface area contributed by atoms with Gasteiger partial charge in [0.25, 0.3) is 0 Å². The molecule has 2 heterocycles. The highest BCUT2D eigenvalue weighted by Gasteiger charge is 2.31. The molecule has 4 nitrogen and oxygen atoms in total. The van der Waals surface area contributed by atoms with Gasteiger partial charge in [-0.2, -0.15) is 0 Å². The lowest BCUT2D eigenvalue weighted by molar-refractivity contribution is -0.274. The molecular formula is C20H18F3N3O. The van der Waals surface area contributed by atoms with E-state index in [1.54, 1.807) is 6.07 Å². The number of nitrogens with one attached hydrogen (secondary N) is 1. The van der Waals surface area contributed by atoms with Gasteiger partial charge < -0.3 is 15.0 Å². The Morgan fingerprint density at radius 2 is 1.70 bits per heavy atom. The molecule has 0 spiro atoms. The fourth-order valence-electron chi connectivity index (χ4n) is 3.31. The Labute approximate surface area is 154 Å². The second-order valence-corrected chi connectivity index (χ2v) is 6.36. The zero-order valence-corrected chi connectivity index (χ0v) is 14.5. The third-order valence-corrected chi connectivity index (χ3v) is 4.52. The summed E-state index contributed by atoms with van der Waals surface area (Å²) in [7, 11) is 0. The van der Waals surface area contributed by atoms with Gasteiger partial charge in [0.2, 0.25) is 0 Å². The van der Waals surface area contributed by atoms with Gasteiger partial charge in [0, 0.05) is 42.8 Å². The number of benzene rings is 2. The third kappa shape index (κ3) is 3.98. The molecule has 1 saturated heterocycles. The Morgan fingerprint density at radius 1 is 0.963 bits per heavy atom. The van der Waals surface area contributed by atoms with Crippen molar-refractivity contribution in [3.05, 3.63) is 54.6 Å². The molecule has 1 aliphatic heterocycles. The molecule has 0 atom stereocenters. The first-order valence-corrected chi connectivity index (χ1v) is 8.71. The molecule has 0 aliphatic carbocycles. The maximum absolute atomic E-state index is 12.6. The summed E-state index contributed by atoms with van der Waals surface area (Å²) in [6.45, 7) is 3.20. The lowest BCUT2D eigenvalue weighted by Crippen LogP contribution is -2.43. The highest BCUT2D eigenvalue weighted by atomic mass is 19.4. The summed E-state index contributed by atoms with van der Waals surface area (Å²) in [5.74, 6) is -0.236. The maximum atomic E-state index is 12.6. The zero-order chi connectivity index (χ0) is 18.9. The molecule has 0 unspecified atom stereocenters. The second kappa shape index (κ2) is 7.08. The maximum Gasteiger partial charge on any atom is 0.573 e. The van der Waals surface area contributed by atoms with Gasteiger partial charge in [-0.15, -0.1) is 13.2 Å². The summed E-state index contributed by atoms with van der Waals surface area (Å²) < 4.78 is 42.0. The standard InChI is InChI=1S/C20H18F3N3O/c21-20(22,23)27-15-6-7-17-16(12-15)19(26-10-8-24-9-11-26)13-18(25-17)14-4-2-1-3-5-14/h1-7,12-13,24H,8-11H2. The molecule has 2 aromatic carbocycles. The molecule has 3 aromatic rings. The average Bonchev–Trinajstić information content (AvgIpc) is 2.67. The number of rotatable bonds is 3. The number of hydrogen-bond donors (Lipinski definition) is 1. The van der Waals surface area contributed by atoms with E-state index in [2.05, 4.69) is 19.9 Å². The van der Waals surface area contributed by atoms with E-state index in [0.717, 1.165) is 43.1 Å². The molecule has 0 amide bonds. The number of hydrogen-bond acceptors (Lipinski definition) is 4. The van der Waals surface area contributed by atoms with Crippen LogP contribution in [0.4, 0.5) is 18.9 Å². The second-order valence-electron chi connectivity index (χ2n) is 6.36. The summed E-state index contributed by atoms with van der Waals surface area (Å²) in [5, 5.41) is 3.94. The van der Waals surface area contributed by atoms with Crippen molar-refractivity contribution in [1.82, 2.24) is 10.3 Å². The van der Waals surface area contributed by atoms with Crippen molar-refractivity contribution < 1.29 is 17.9 Å². The van der Waals surface area contributed by atoms with E-state index < -0.39 is 6.36 Å². The number of pyridine rings is 1. The van der Waals surface area contributed by atoms with Crippen molar-refractivity contribution in [3.8, 4) is 17.0 Å². The summed E-state index contributed by atoms with van der Waals surface area (Å²) in [4.78, 5) is 6.83. The summed E-state index contributed by atoms with van der Waals surface area (Å²) in [6, 6.07) is 16.0. The predicted molar refractivity (Wildman–Crippen MR) is 98.9 cm³/mol. The van der Waals surface area contributed by atoms with Crippen molar-refractivity contribution in [1.29, 1.82) is 0 Å².